The molecule has 0 radical (unpaired) electrons. The van der Waals surface area contributed by atoms with Gasteiger partial charge in [-0.15, -0.1) is 0 Å². The second-order valence-electron chi connectivity index (χ2n) is 6.02. The average Bonchev–Trinajstić information content (AvgIpc) is 2.73. The molecule has 1 unspecified atom stereocenters. The van der Waals surface area contributed by atoms with Crippen molar-refractivity contribution in [2.75, 3.05) is 46.1 Å². The van der Waals surface area contributed by atoms with Gasteiger partial charge >= 0.3 is 5.97 Å². The minimum atomic E-state index is -0.964. The van der Waals surface area contributed by atoms with E-state index in [4.69, 9.17) is 24.8 Å². The summed E-state index contributed by atoms with van der Waals surface area (Å²) in [5, 5.41) is 35.7. The van der Waals surface area contributed by atoms with Gasteiger partial charge in [0.15, 0.2) is 6.61 Å². The van der Waals surface area contributed by atoms with Gasteiger partial charge in [-0.05, 0) is 24.3 Å². The molecule has 0 aromatic heterocycles. The van der Waals surface area contributed by atoms with Gasteiger partial charge in [-0.3, -0.25) is 4.90 Å². The lowest BCUT2D eigenvalue weighted by Crippen LogP contribution is -2.38. The first-order valence-electron chi connectivity index (χ1n) is 9.24. The van der Waals surface area contributed by atoms with E-state index in [2.05, 4.69) is 0 Å². The number of rotatable bonds is 12. The maximum Gasteiger partial charge on any atom is 0.341 e. The van der Waals surface area contributed by atoms with E-state index < -0.39 is 12.1 Å². The lowest BCUT2D eigenvalue weighted by Gasteiger charge is -2.23. The minimum absolute atomic E-state index is 0.00621. The van der Waals surface area contributed by atoms with Gasteiger partial charge in [0.05, 0.1) is 13.2 Å². The third-order valence-corrected chi connectivity index (χ3v) is 3.59. The zero-order valence-electron chi connectivity index (χ0n) is 16.3. The van der Waals surface area contributed by atoms with Crippen LogP contribution in [0.3, 0.4) is 0 Å². The molecular formula is C21H29NO7. The highest BCUT2D eigenvalue weighted by molar-refractivity contribution is 5.68. The van der Waals surface area contributed by atoms with Crippen molar-refractivity contribution >= 4 is 5.97 Å². The van der Waals surface area contributed by atoms with Gasteiger partial charge in [-0.1, -0.05) is 36.4 Å². The van der Waals surface area contributed by atoms with E-state index in [9.17, 15) is 9.90 Å². The maximum absolute atomic E-state index is 10.0. The molecular weight excluding hydrogens is 378 g/mol. The van der Waals surface area contributed by atoms with Crippen LogP contribution in [0.5, 0.6) is 11.5 Å². The van der Waals surface area contributed by atoms with Crippen LogP contribution in [-0.2, 0) is 4.79 Å². The number of para-hydroxylation sites is 2. The fourth-order valence-corrected chi connectivity index (χ4v) is 2.30. The van der Waals surface area contributed by atoms with Gasteiger partial charge in [0.1, 0.15) is 24.2 Å². The molecule has 29 heavy (non-hydrogen) atoms. The van der Waals surface area contributed by atoms with Crippen LogP contribution < -0.4 is 9.47 Å². The van der Waals surface area contributed by atoms with Crippen LogP contribution in [0.25, 0.3) is 0 Å². The number of ether oxygens (including phenoxy) is 2. The summed E-state index contributed by atoms with van der Waals surface area (Å²) in [7, 11) is 0. The van der Waals surface area contributed by atoms with E-state index in [0.29, 0.717) is 31.1 Å². The predicted octanol–water partition coefficient (Wildman–Crippen LogP) is 0.863. The van der Waals surface area contributed by atoms with E-state index in [0.717, 1.165) is 0 Å². The highest BCUT2D eigenvalue weighted by atomic mass is 16.5. The van der Waals surface area contributed by atoms with Gasteiger partial charge in [0.2, 0.25) is 0 Å². The quantitative estimate of drug-likeness (QED) is 0.409. The van der Waals surface area contributed by atoms with Crippen molar-refractivity contribution in [2.45, 2.75) is 6.10 Å². The summed E-state index contributed by atoms with van der Waals surface area (Å²) >= 11 is 0. The molecule has 0 aliphatic rings. The number of nitrogens with zero attached hydrogens (tertiary/aromatic N) is 1. The number of aliphatic carboxylic acids is 1. The highest BCUT2D eigenvalue weighted by Crippen LogP contribution is 2.09. The van der Waals surface area contributed by atoms with Crippen LogP contribution in [0.1, 0.15) is 0 Å². The summed E-state index contributed by atoms with van der Waals surface area (Å²) in [6.07, 6.45) is -0.650. The molecule has 0 spiro atoms. The molecule has 2 aromatic rings. The Hall–Kier alpha value is -2.65. The smallest absolute Gasteiger partial charge is 0.341 e. The van der Waals surface area contributed by atoms with Gasteiger partial charge in [0.25, 0.3) is 0 Å². The molecule has 1 atom stereocenters. The van der Waals surface area contributed by atoms with Crippen LogP contribution in [-0.4, -0.2) is 83.5 Å². The molecule has 0 aliphatic carbocycles. The fraction of sp³-hybridized carbons (Fsp3) is 0.381. The molecule has 0 saturated carbocycles. The predicted molar refractivity (Wildman–Crippen MR) is 108 cm³/mol. The number of carbonyl (C=O) groups is 1. The van der Waals surface area contributed by atoms with Crippen molar-refractivity contribution in [1.82, 2.24) is 4.90 Å². The average molecular weight is 407 g/mol. The number of hydrogen-bond acceptors (Lipinski definition) is 7. The Morgan fingerprint density at radius 1 is 0.862 bits per heavy atom. The van der Waals surface area contributed by atoms with Crippen molar-refractivity contribution in [1.29, 1.82) is 0 Å². The van der Waals surface area contributed by atoms with Gasteiger partial charge < -0.3 is 29.9 Å². The van der Waals surface area contributed by atoms with E-state index in [1.807, 2.05) is 36.4 Å². The standard InChI is InChI=1S/C13H21NO4.C8H8O3/c15-8-6-14(7-9-16)10-12(17)11-18-13-4-2-1-3-5-13;9-8(10)6-11-7-4-2-1-3-5-7/h1-5,12,15-17H,6-11H2;1-5H,6H2,(H,9,10). The molecule has 0 aliphatic heterocycles. The molecule has 0 amide bonds. The molecule has 2 rings (SSSR count). The molecule has 8 nitrogen and oxygen atoms in total. The molecule has 0 fully saturated rings. The fourth-order valence-electron chi connectivity index (χ4n) is 2.30. The number of aliphatic hydroxyl groups excluding tert-OH is 3. The number of aliphatic hydroxyl groups is 3. The molecule has 0 heterocycles. The molecule has 0 bridgehead atoms. The topological polar surface area (TPSA) is 120 Å². The normalized spacial score (nSPS) is 11.3. The van der Waals surface area contributed by atoms with Crippen LogP contribution in [0.15, 0.2) is 60.7 Å². The Morgan fingerprint density at radius 2 is 1.34 bits per heavy atom. The van der Waals surface area contributed by atoms with E-state index in [-0.39, 0.29) is 26.4 Å². The SMILES string of the molecule is O=C(O)COc1ccccc1.OCCN(CCO)CC(O)COc1ccccc1. The third kappa shape index (κ3) is 12.4. The van der Waals surface area contributed by atoms with Gasteiger partial charge in [0, 0.05) is 19.6 Å². The Balaban J connectivity index is 0.000000326. The van der Waals surface area contributed by atoms with Crippen LogP contribution >= 0.6 is 0 Å². The van der Waals surface area contributed by atoms with Crippen molar-refractivity contribution < 1.29 is 34.7 Å². The van der Waals surface area contributed by atoms with Gasteiger partial charge in [-0.2, -0.15) is 0 Å². The molecule has 0 saturated heterocycles. The molecule has 160 valence electrons. The molecule has 8 heteroatoms. The first kappa shape index (κ1) is 24.4. The molecule has 2 aromatic carbocycles. The largest absolute Gasteiger partial charge is 0.491 e. The number of hydrogen-bond donors (Lipinski definition) is 4. The van der Waals surface area contributed by atoms with Crippen LogP contribution in [0, 0.1) is 0 Å². The van der Waals surface area contributed by atoms with Crippen molar-refractivity contribution in [3.05, 3.63) is 60.7 Å². The second kappa shape index (κ2) is 15.3. The summed E-state index contributed by atoms with van der Waals surface area (Å²) in [4.78, 5) is 11.8. The second-order valence-corrected chi connectivity index (χ2v) is 6.02. The zero-order chi connectivity index (χ0) is 21.3. The van der Waals surface area contributed by atoms with Gasteiger partial charge in [-0.25, -0.2) is 4.79 Å². The summed E-state index contributed by atoms with van der Waals surface area (Å²) in [6.45, 7) is 1.15. The van der Waals surface area contributed by atoms with Crippen molar-refractivity contribution in [2.24, 2.45) is 0 Å². The first-order valence-corrected chi connectivity index (χ1v) is 9.24. The van der Waals surface area contributed by atoms with Crippen molar-refractivity contribution in [3.8, 4) is 11.5 Å². The number of carboxylic acid groups (broad SMARTS) is 1. The lowest BCUT2D eigenvalue weighted by atomic mass is 10.3. The zero-order valence-corrected chi connectivity index (χ0v) is 16.3. The maximum atomic E-state index is 10.0. The highest BCUT2D eigenvalue weighted by Gasteiger charge is 2.11. The number of benzene rings is 2. The Morgan fingerprint density at radius 3 is 1.79 bits per heavy atom. The van der Waals surface area contributed by atoms with E-state index >= 15 is 0 Å². The monoisotopic (exact) mass is 407 g/mol. The summed E-state index contributed by atoms with van der Waals surface area (Å²) < 4.78 is 10.3. The Labute approximate surface area is 170 Å². The lowest BCUT2D eigenvalue weighted by molar-refractivity contribution is -0.139. The van der Waals surface area contributed by atoms with Crippen LogP contribution in [0.4, 0.5) is 0 Å². The Kier molecular flexibility index (Phi) is 12.9. The molecule has 4 N–H and O–H groups in total. The third-order valence-electron chi connectivity index (χ3n) is 3.59. The minimum Gasteiger partial charge on any atom is -0.491 e. The summed E-state index contributed by atoms with van der Waals surface area (Å²) in [5.41, 5.74) is 0. The Bertz CT molecular complexity index is 649. The first-order chi connectivity index (χ1) is 14.0. The van der Waals surface area contributed by atoms with E-state index in [1.54, 1.807) is 29.2 Å². The van der Waals surface area contributed by atoms with Crippen molar-refractivity contribution in [3.63, 3.8) is 0 Å². The summed E-state index contributed by atoms with van der Waals surface area (Å²) in [5.74, 6) is 0.330. The summed E-state index contributed by atoms with van der Waals surface area (Å²) in [6, 6.07) is 18.1. The van der Waals surface area contributed by atoms with Crippen LogP contribution in [0.2, 0.25) is 0 Å². The van der Waals surface area contributed by atoms with E-state index in [1.165, 1.54) is 0 Å². The number of carboxylic acids is 1.